The number of likely N-dealkylation sites (tertiary alicyclic amines) is 1. The third-order valence-corrected chi connectivity index (χ3v) is 2.24. The molecule has 1 atom stereocenters. The molecule has 1 aliphatic heterocycles. The van der Waals surface area contributed by atoms with Crippen molar-refractivity contribution in [2.75, 3.05) is 13.1 Å². The van der Waals surface area contributed by atoms with Crippen LogP contribution in [0.3, 0.4) is 0 Å². The molecule has 1 aliphatic rings. The normalized spacial score (nSPS) is 24.8. The number of piperidine rings is 1. The van der Waals surface area contributed by atoms with E-state index in [1.165, 1.54) is 0 Å². The Kier molecular flexibility index (Phi) is 3.12. The Morgan fingerprint density at radius 1 is 1.67 bits per heavy atom. The Morgan fingerprint density at radius 2 is 2.42 bits per heavy atom. The average Bonchev–Trinajstić information content (AvgIpc) is 2.05. The predicted octanol–water partition coefficient (Wildman–Crippen LogP) is -0.0406. The van der Waals surface area contributed by atoms with Gasteiger partial charge in [0.05, 0.1) is 12.6 Å². The zero-order chi connectivity index (χ0) is 8.97. The minimum atomic E-state index is -0.245. The second-order valence-electron chi connectivity index (χ2n) is 3.09. The number of nitrogens with zero attached hydrogens (tertiary/aromatic N) is 1. The SMILES string of the molecule is C#CCN1CCCCC1C(N)=O. The van der Waals surface area contributed by atoms with Crippen molar-refractivity contribution in [1.82, 2.24) is 4.90 Å². The minimum absolute atomic E-state index is 0.130. The number of amides is 1. The summed E-state index contributed by atoms with van der Waals surface area (Å²) in [6.45, 7) is 1.44. The van der Waals surface area contributed by atoms with Crippen LogP contribution in [0.5, 0.6) is 0 Å². The molecule has 3 nitrogen and oxygen atoms in total. The van der Waals surface area contributed by atoms with Crippen LogP contribution in [0, 0.1) is 12.3 Å². The van der Waals surface area contributed by atoms with Gasteiger partial charge in [-0.1, -0.05) is 12.3 Å². The predicted molar refractivity (Wildman–Crippen MR) is 47.2 cm³/mol. The van der Waals surface area contributed by atoms with E-state index >= 15 is 0 Å². The van der Waals surface area contributed by atoms with Gasteiger partial charge in [-0.25, -0.2) is 0 Å². The Balaban J connectivity index is 2.55. The molecule has 0 bridgehead atoms. The molecule has 0 aromatic carbocycles. The highest BCUT2D eigenvalue weighted by Gasteiger charge is 2.25. The molecule has 2 N–H and O–H groups in total. The maximum Gasteiger partial charge on any atom is 0.234 e. The molecule has 12 heavy (non-hydrogen) atoms. The van der Waals surface area contributed by atoms with Crippen LogP contribution in [0.2, 0.25) is 0 Å². The number of nitrogens with two attached hydrogens (primary N) is 1. The highest BCUT2D eigenvalue weighted by Crippen LogP contribution is 2.15. The van der Waals surface area contributed by atoms with Crippen molar-refractivity contribution >= 4 is 5.91 Å². The van der Waals surface area contributed by atoms with Crippen molar-refractivity contribution < 1.29 is 4.79 Å². The number of primary amides is 1. The van der Waals surface area contributed by atoms with E-state index < -0.39 is 0 Å². The van der Waals surface area contributed by atoms with Gasteiger partial charge in [0.1, 0.15) is 0 Å². The van der Waals surface area contributed by atoms with E-state index in [1.807, 2.05) is 4.90 Å². The summed E-state index contributed by atoms with van der Waals surface area (Å²) in [5.74, 6) is 2.30. The molecule has 1 fully saturated rings. The molecular formula is C9H14N2O. The van der Waals surface area contributed by atoms with Gasteiger partial charge in [0, 0.05) is 0 Å². The van der Waals surface area contributed by atoms with Gasteiger partial charge in [0.25, 0.3) is 0 Å². The lowest BCUT2D eigenvalue weighted by molar-refractivity contribution is -0.124. The van der Waals surface area contributed by atoms with Crippen LogP contribution in [0.1, 0.15) is 19.3 Å². The van der Waals surface area contributed by atoms with E-state index in [1.54, 1.807) is 0 Å². The number of carbonyl (C=O) groups is 1. The zero-order valence-electron chi connectivity index (χ0n) is 7.12. The quantitative estimate of drug-likeness (QED) is 0.585. The van der Waals surface area contributed by atoms with Gasteiger partial charge in [-0.3, -0.25) is 9.69 Å². The molecule has 0 spiro atoms. The maximum absolute atomic E-state index is 11.0. The fraction of sp³-hybridized carbons (Fsp3) is 0.667. The number of carbonyl (C=O) groups excluding carboxylic acids is 1. The summed E-state index contributed by atoms with van der Waals surface area (Å²) in [5.41, 5.74) is 5.24. The van der Waals surface area contributed by atoms with E-state index in [-0.39, 0.29) is 11.9 Å². The summed E-state index contributed by atoms with van der Waals surface area (Å²) in [5, 5.41) is 0. The second kappa shape index (κ2) is 4.13. The van der Waals surface area contributed by atoms with Crippen LogP contribution in [0.4, 0.5) is 0 Å². The van der Waals surface area contributed by atoms with E-state index in [9.17, 15) is 4.79 Å². The van der Waals surface area contributed by atoms with Crippen LogP contribution >= 0.6 is 0 Å². The molecule has 1 heterocycles. The van der Waals surface area contributed by atoms with Gasteiger partial charge in [-0.2, -0.15) is 0 Å². The summed E-state index contributed by atoms with van der Waals surface area (Å²) in [6.07, 6.45) is 8.23. The van der Waals surface area contributed by atoms with E-state index in [2.05, 4.69) is 5.92 Å². The van der Waals surface area contributed by atoms with Crippen LogP contribution < -0.4 is 5.73 Å². The second-order valence-corrected chi connectivity index (χ2v) is 3.09. The highest BCUT2D eigenvalue weighted by atomic mass is 16.1. The van der Waals surface area contributed by atoms with E-state index in [0.717, 1.165) is 25.8 Å². The van der Waals surface area contributed by atoms with Gasteiger partial charge in [-0.15, -0.1) is 6.42 Å². The van der Waals surface area contributed by atoms with Gasteiger partial charge < -0.3 is 5.73 Å². The summed E-state index contributed by atoms with van der Waals surface area (Å²) in [7, 11) is 0. The van der Waals surface area contributed by atoms with Crippen LogP contribution in [0.25, 0.3) is 0 Å². The van der Waals surface area contributed by atoms with Crippen molar-refractivity contribution in [3.05, 3.63) is 0 Å². The Morgan fingerprint density at radius 3 is 3.00 bits per heavy atom. The lowest BCUT2D eigenvalue weighted by Crippen LogP contribution is -2.47. The largest absolute Gasteiger partial charge is 0.368 e. The molecule has 0 aromatic heterocycles. The number of hydrogen-bond donors (Lipinski definition) is 1. The minimum Gasteiger partial charge on any atom is -0.368 e. The summed E-state index contributed by atoms with van der Waals surface area (Å²) < 4.78 is 0. The monoisotopic (exact) mass is 166 g/mol. The maximum atomic E-state index is 11.0. The van der Waals surface area contributed by atoms with Crippen LogP contribution in [-0.4, -0.2) is 29.9 Å². The molecule has 66 valence electrons. The third kappa shape index (κ3) is 1.99. The van der Waals surface area contributed by atoms with Gasteiger partial charge in [0.2, 0.25) is 5.91 Å². The lowest BCUT2D eigenvalue weighted by atomic mass is 10.0. The van der Waals surface area contributed by atoms with Crippen molar-refractivity contribution in [3.8, 4) is 12.3 Å². The summed E-state index contributed by atoms with van der Waals surface area (Å²) in [4.78, 5) is 12.9. The molecule has 3 heteroatoms. The van der Waals surface area contributed by atoms with E-state index in [0.29, 0.717) is 6.54 Å². The first-order valence-corrected chi connectivity index (χ1v) is 4.22. The molecule has 0 radical (unpaired) electrons. The van der Waals surface area contributed by atoms with Crippen molar-refractivity contribution in [3.63, 3.8) is 0 Å². The smallest absolute Gasteiger partial charge is 0.234 e. The highest BCUT2D eigenvalue weighted by molar-refractivity contribution is 5.79. The first-order valence-electron chi connectivity index (χ1n) is 4.22. The first kappa shape index (κ1) is 9.08. The van der Waals surface area contributed by atoms with Crippen molar-refractivity contribution in [2.45, 2.75) is 25.3 Å². The molecule has 1 rings (SSSR count). The third-order valence-electron chi connectivity index (χ3n) is 2.24. The molecule has 0 aromatic rings. The van der Waals surface area contributed by atoms with Gasteiger partial charge in [0.15, 0.2) is 0 Å². The topological polar surface area (TPSA) is 46.3 Å². The molecular weight excluding hydrogens is 152 g/mol. The van der Waals surface area contributed by atoms with Crippen molar-refractivity contribution in [2.24, 2.45) is 5.73 Å². The number of hydrogen-bond acceptors (Lipinski definition) is 2. The molecule has 0 aliphatic carbocycles. The fourth-order valence-electron chi connectivity index (χ4n) is 1.62. The van der Waals surface area contributed by atoms with Gasteiger partial charge in [-0.05, 0) is 19.4 Å². The Labute approximate surface area is 72.9 Å². The number of terminal acetylenes is 1. The van der Waals surface area contributed by atoms with Gasteiger partial charge >= 0.3 is 0 Å². The van der Waals surface area contributed by atoms with E-state index in [4.69, 9.17) is 12.2 Å². The molecule has 0 saturated carbocycles. The summed E-state index contributed by atoms with van der Waals surface area (Å²) >= 11 is 0. The first-order chi connectivity index (χ1) is 5.75. The summed E-state index contributed by atoms with van der Waals surface area (Å²) in [6, 6.07) is -0.130. The lowest BCUT2D eigenvalue weighted by Gasteiger charge is -2.31. The fourth-order valence-corrected chi connectivity index (χ4v) is 1.62. The van der Waals surface area contributed by atoms with Crippen LogP contribution in [0.15, 0.2) is 0 Å². The Bertz CT molecular complexity index is 207. The zero-order valence-corrected chi connectivity index (χ0v) is 7.12. The molecule has 1 amide bonds. The average molecular weight is 166 g/mol. The molecule has 1 unspecified atom stereocenters. The molecule has 1 saturated heterocycles. The standard InChI is InChI=1S/C9H14N2O/c1-2-6-11-7-4-3-5-8(11)9(10)12/h1,8H,3-7H2,(H2,10,12). The number of rotatable bonds is 2. The van der Waals surface area contributed by atoms with Crippen molar-refractivity contribution in [1.29, 1.82) is 0 Å². The van der Waals surface area contributed by atoms with Crippen LogP contribution in [-0.2, 0) is 4.79 Å². The Hall–Kier alpha value is -1.01.